The molecular weight excluding hydrogens is 664 g/mol. The average molecular weight is 697 g/mol. The largest absolute Gasteiger partial charge is 0.489 e. The second-order valence-corrected chi connectivity index (χ2v) is 12.1. The number of aliphatic carboxylic acids is 1. The van der Waals surface area contributed by atoms with Gasteiger partial charge in [0, 0.05) is 22.6 Å². The van der Waals surface area contributed by atoms with Crippen molar-refractivity contribution in [2.75, 3.05) is 5.32 Å². The molecule has 0 radical (unpaired) electrons. The van der Waals surface area contributed by atoms with E-state index in [0.29, 0.717) is 35.0 Å². The summed E-state index contributed by atoms with van der Waals surface area (Å²) in [6.07, 6.45) is 0.0183. The molecule has 1 unspecified atom stereocenters. The second kappa shape index (κ2) is 16.3. The van der Waals surface area contributed by atoms with Crippen LogP contribution in [0.2, 0.25) is 5.02 Å². The van der Waals surface area contributed by atoms with Gasteiger partial charge in [0.25, 0.3) is 11.8 Å². The van der Waals surface area contributed by atoms with Gasteiger partial charge < -0.3 is 25.2 Å². The monoisotopic (exact) mass is 696 g/mol. The van der Waals surface area contributed by atoms with Crippen LogP contribution in [0.4, 0.5) is 5.69 Å². The number of benzene rings is 6. The first kappa shape index (κ1) is 34.5. The van der Waals surface area contributed by atoms with Gasteiger partial charge in [-0.15, -0.1) is 0 Å². The van der Waals surface area contributed by atoms with Gasteiger partial charge in [-0.2, -0.15) is 0 Å². The maximum Gasteiger partial charge on any atom is 0.326 e. The lowest BCUT2D eigenvalue weighted by molar-refractivity contribution is -0.139. The Hall–Kier alpha value is -6.38. The number of nitrogens with one attached hydrogen (secondary N) is 2. The number of ether oxygens (including phenoxy) is 2. The molecule has 6 aromatic rings. The molecule has 6 rings (SSSR count). The smallest absolute Gasteiger partial charge is 0.326 e. The fraction of sp³-hybridized carbons (Fsp3) is 0.0714. The molecular formula is C42H33ClN2O6. The molecule has 3 N–H and O–H groups in total. The van der Waals surface area contributed by atoms with Gasteiger partial charge in [-0.25, -0.2) is 4.79 Å². The van der Waals surface area contributed by atoms with Crippen molar-refractivity contribution in [2.24, 2.45) is 0 Å². The highest BCUT2D eigenvalue weighted by molar-refractivity contribution is 6.31. The van der Waals surface area contributed by atoms with Crippen LogP contribution in [0.25, 0.3) is 11.1 Å². The van der Waals surface area contributed by atoms with Crippen molar-refractivity contribution in [3.8, 4) is 28.4 Å². The Labute approximate surface area is 300 Å². The van der Waals surface area contributed by atoms with Crippen LogP contribution in [-0.4, -0.2) is 28.9 Å². The number of hydrogen-bond donors (Lipinski definition) is 3. The zero-order valence-corrected chi connectivity index (χ0v) is 28.0. The number of carbonyl (C=O) groups is 3. The molecule has 0 heterocycles. The molecule has 254 valence electrons. The lowest BCUT2D eigenvalue weighted by Gasteiger charge is -2.17. The zero-order valence-electron chi connectivity index (χ0n) is 27.3. The molecule has 1 atom stereocenters. The van der Waals surface area contributed by atoms with Gasteiger partial charge in [0.05, 0.1) is 11.3 Å². The number of anilines is 1. The quantitative estimate of drug-likeness (QED) is 0.111. The predicted molar refractivity (Wildman–Crippen MR) is 198 cm³/mol. The van der Waals surface area contributed by atoms with Gasteiger partial charge in [0.2, 0.25) is 0 Å². The third-order valence-electron chi connectivity index (χ3n) is 8.01. The number of carboxylic acid groups (broad SMARTS) is 1. The van der Waals surface area contributed by atoms with E-state index in [1.54, 1.807) is 24.3 Å². The standard InChI is InChI=1S/C42H33ClN2O6/c43-32-21-24-37(44-40(46)31-19-22-33(23-20-31)50-27-29-9-3-1-4-10-29)36(26-32)41(47)45-38(42(48)49)25-28-15-17-30(18-16-28)35-13-7-8-14-39(35)51-34-11-5-2-6-12-34/h1-24,26,38H,25,27H2,(H,44,46)(H,45,47)(H,48,49). The number of carboxylic acids is 1. The van der Waals surface area contributed by atoms with Crippen molar-refractivity contribution >= 4 is 35.1 Å². The summed E-state index contributed by atoms with van der Waals surface area (Å²) in [6, 6.07) is 44.0. The summed E-state index contributed by atoms with van der Waals surface area (Å²) in [4.78, 5) is 39.0. The van der Waals surface area contributed by atoms with Gasteiger partial charge in [0.1, 0.15) is 29.9 Å². The van der Waals surface area contributed by atoms with Crippen LogP contribution < -0.4 is 20.1 Å². The van der Waals surface area contributed by atoms with Crippen molar-refractivity contribution in [1.82, 2.24) is 5.32 Å². The summed E-state index contributed by atoms with van der Waals surface area (Å²) >= 11 is 6.22. The van der Waals surface area contributed by atoms with E-state index in [1.165, 1.54) is 18.2 Å². The lowest BCUT2D eigenvalue weighted by atomic mass is 9.99. The average Bonchev–Trinajstić information content (AvgIpc) is 3.16. The van der Waals surface area contributed by atoms with Crippen LogP contribution in [0, 0.1) is 0 Å². The molecule has 0 aliphatic rings. The number of rotatable bonds is 13. The summed E-state index contributed by atoms with van der Waals surface area (Å²) in [7, 11) is 0. The van der Waals surface area contributed by atoms with E-state index in [0.717, 1.165) is 16.7 Å². The first-order valence-electron chi connectivity index (χ1n) is 16.1. The maximum absolute atomic E-state index is 13.5. The van der Waals surface area contributed by atoms with E-state index in [9.17, 15) is 19.5 Å². The summed E-state index contributed by atoms with van der Waals surface area (Å²) < 4.78 is 11.9. The van der Waals surface area contributed by atoms with Gasteiger partial charge in [-0.1, -0.05) is 103 Å². The third-order valence-corrected chi connectivity index (χ3v) is 8.24. The molecule has 0 saturated heterocycles. The van der Waals surface area contributed by atoms with Crippen molar-refractivity contribution < 1.29 is 29.0 Å². The molecule has 0 bridgehead atoms. The van der Waals surface area contributed by atoms with E-state index in [1.807, 2.05) is 109 Å². The Bertz CT molecular complexity index is 2120. The Morgan fingerprint density at radius 2 is 1.33 bits per heavy atom. The normalized spacial score (nSPS) is 11.2. The molecule has 0 aliphatic heterocycles. The van der Waals surface area contributed by atoms with E-state index >= 15 is 0 Å². The van der Waals surface area contributed by atoms with Crippen molar-refractivity contribution in [2.45, 2.75) is 19.1 Å². The van der Waals surface area contributed by atoms with Crippen LogP contribution in [0.3, 0.4) is 0 Å². The van der Waals surface area contributed by atoms with Crippen LogP contribution >= 0.6 is 11.6 Å². The van der Waals surface area contributed by atoms with Gasteiger partial charge in [-0.3, -0.25) is 9.59 Å². The Morgan fingerprint density at radius 3 is 2.04 bits per heavy atom. The first-order valence-corrected chi connectivity index (χ1v) is 16.5. The highest BCUT2D eigenvalue weighted by atomic mass is 35.5. The van der Waals surface area contributed by atoms with Gasteiger partial charge in [-0.05, 0) is 77.4 Å². The molecule has 0 aromatic heterocycles. The van der Waals surface area contributed by atoms with E-state index < -0.39 is 23.8 Å². The molecule has 9 heteroatoms. The molecule has 51 heavy (non-hydrogen) atoms. The van der Waals surface area contributed by atoms with Crippen LogP contribution in [-0.2, 0) is 17.8 Å². The topological polar surface area (TPSA) is 114 Å². The number of para-hydroxylation sites is 2. The van der Waals surface area contributed by atoms with Crippen molar-refractivity contribution in [3.63, 3.8) is 0 Å². The molecule has 0 saturated carbocycles. The molecule has 2 amide bonds. The van der Waals surface area contributed by atoms with E-state index in [2.05, 4.69) is 10.6 Å². The fourth-order valence-corrected chi connectivity index (χ4v) is 5.53. The summed E-state index contributed by atoms with van der Waals surface area (Å²) in [5.74, 6) is -0.390. The number of hydrogen-bond acceptors (Lipinski definition) is 5. The number of amides is 2. The Balaban J connectivity index is 1.11. The fourth-order valence-electron chi connectivity index (χ4n) is 5.35. The minimum atomic E-state index is -1.26. The number of carbonyl (C=O) groups excluding carboxylic acids is 2. The molecule has 6 aromatic carbocycles. The molecule has 0 aliphatic carbocycles. The highest BCUT2D eigenvalue weighted by Gasteiger charge is 2.24. The zero-order chi connectivity index (χ0) is 35.6. The minimum Gasteiger partial charge on any atom is -0.489 e. The van der Waals surface area contributed by atoms with Crippen molar-refractivity contribution in [1.29, 1.82) is 0 Å². The SMILES string of the molecule is O=C(Nc1ccc(Cl)cc1C(=O)NC(Cc1ccc(-c2ccccc2Oc2ccccc2)cc1)C(=O)O)c1ccc(OCc2ccccc2)cc1. The summed E-state index contributed by atoms with van der Waals surface area (Å²) in [5.41, 5.74) is 4.01. The summed E-state index contributed by atoms with van der Waals surface area (Å²) in [5, 5.41) is 15.6. The second-order valence-electron chi connectivity index (χ2n) is 11.6. The lowest BCUT2D eigenvalue weighted by Crippen LogP contribution is -2.42. The van der Waals surface area contributed by atoms with Crippen LogP contribution in [0.5, 0.6) is 17.2 Å². The Kier molecular flexibility index (Phi) is 11.1. The van der Waals surface area contributed by atoms with Crippen LogP contribution in [0.15, 0.2) is 152 Å². The molecule has 0 spiro atoms. The van der Waals surface area contributed by atoms with Crippen LogP contribution in [0.1, 0.15) is 31.8 Å². The van der Waals surface area contributed by atoms with E-state index in [-0.39, 0.29) is 22.7 Å². The van der Waals surface area contributed by atoms with E-state index in [4.69, 9.17) is 21.1 Å². The maximum atomic E-state index is 13.5. The molecule has 0 fully saturated rings. The highest BCUT2D eigenvalue weighted by Crippen LogP contribution is 2.33. The van der Waals surface area contributed by atoms with Gasteiger partial charge >= 0.3 is 5.97 Å². The minimum absolute atomic E-state index is 0.0183. The third kappa shape index (κ3) is 9.20. The molecule has 8 nitrogen and oxygen atoms in total. The first-order chi connectivity index (χ1) is 24.8. The van der Waals surface area contributed by atoms with Gasteiger partial charge in [0.15, 0.2) is 0 Å². The summed E-state index contributed by atoms with van der Waals surface area (Å²) in [6.45, 7) is 0.386. The number of halogens is 1. The van der Waals surface area contributed by atoms with Crippen molar-refractivity contribution in [3.05, 3.63) is 179 Å². The Morgan fingerprint density at radius 1 is 0.667 bits per heavy atom. The predicted octanol–water partition coefficient (Wildman–Crippen LogP) is 9.06.